The monoisotopic (exact) mass is 281 g/mol. The van der Waals surface area contributed by atoms with Crippen LogP contribution in [0.4, 0.5) is 0 Å². The van der Waals surface area contributed by atoms with Crippen molar-refractivity contribution in [3.63, 3.8) is 0 Å². The van der Waals surface area contributed by atoms with E-state index in [1.165, 1.54) is 43.9 Å². The fourth-order valence-electron chi connectivity index (χ4n) is 3.05. The molecule has 1 aliphatic rings. The summed E-state index contributed by atoms with van der Waals surface area (Å²) in [5.41, 5.74) is 3.49. The zero-order chi connectivity index (χ0) is 14.7. The lowest BCUT2D eigenvalue weighted by molar-refractivity contribution is 0.0696. The van der Waals surface area contributed by atoms with E-state index in [0.717, 1.165) is 11.3 Å². The summed E-state index contributed by atoms with van der Waals surface area (Å²) in [6.07, 6.45) is 8.05. The third kappa shape index (κ3) is 3.13. The normalized spacial score (nSPS) is 15.8. The van der Waals surface area contributed by atoms with Crippen molar-refractivity contribution < 1.29 is 9.90 Å². The summed E-state index contributed by atoms with van der Waals surface area (Å²) in [5, 5.41) is 8.89. The second-order valence-electron chi connectivity index (χ2n) is 5.69. The molecule has 2 aromatic rings. The highest BCUT2D eigenvalue weighted by Crippen LogP contribution is 2.33. The highest BCUT2D eigenvalue weighted by Gasteiger charge is 2.15. The Morgan fingerprint density at radius 1 is 1.00 bits per heavy atom. The summed E-state index contributed by atoms with van der Waals surface area (Å²) in [6, 6.07) is 11.9. The molecule has 0 spiro atoms. The molecule has 1 N–H and O–H groups in total. The Morgan fingerprint density at radius 2 is 1.71 bits per heavy atom. The fraction of sp³-hybridized carbons (Fsp3) is 0.333. The number of rotatable bonds is 3. The molecule has 1 aromatic heterocycles. The Bertz CT molecular complexity index is 611. The number of benzene rings is 1. The van der Waals surface area contributed by atoms with E-state index in [9.17, 15) is 4.79 Å². The van der Waals surface area contributed by atoms with Crippen molar-refractivity contribution in [3.05, 3.63) is 53.7 Å². The van der Waals surface area contributed by atoms with Crippen LogP contribution in [0.25, 0.3) is 11.3 Å². The van der Waals surface area contributed by atoms with Crippen molar-refractivity contribution in [2.45, 2.75) is 38.0 Å². The molecule has 21 heavy (non-hydrogen) atoms. The number of carboxylic acids is 1. The summed E-state index contributed by atoms with van der Waals surface area (Å²) in [4.78, 5) is 15.1. The van der Waals surface area contributed by atoms with E-state index in [1.807, 2.05) is 0 Å². The molecule has 1 aromatic carbocycles. The molecule has 3 heteroatoms. The molecule has 0 atom stereocenters. The maximum Gasteiger partial charge on any atom is 0.337 e. The van der Waals surface area contributed by atoms with Crippen molar-refractivity contribution in [1.82, 2.24) is 4.98 Å². The SMILES string of the molecule is O=C(O)c1ccc(-c2ccc(C3CCCCC3)cc2)nc1. The first-order valence-corrected chi connectivity index (χ1v) is 7.54. The quantitative estimate of drug-likeness (QED) is 0.901. The van der Waals surface area contributed by atoms with Crippen molar-refractivity contribution in [2.24, 2.45) is 0 Å². The minimum Gasteiger partial charge on any atom is -0.478 e. The number of hydrogen-bond acceptors (Lipinski definition) is 2. The van der Waals surface area contributed by atoms with Gasteiger partial charge in [-0.05, 0) is 36.5 Å². The van der Waals surface area contributed by atoms with Gasteiger partial charge in [0.15, 0.2) is 0 Å². The first-order chi connectivity index (χ1) is 10.2. The van der Waals surface area contributed by atoms with E-state index >= 15 is 0 Å². The zero-order valence-corrected chi connectivity index (χ0v) is 12.0. The minimum atomic E-state index is -0.943. The average molecular weight is 281 g/mol. The lowest BCUT2D eigenvalue weighted by atomic mass is 9.84. The molecule has 3 rings (SSSR count). The second-order valence-corrected chi connectivity index (χ2v) is 5.69. The van der Waals surface area contributed by atoms with Crippen LogP contribution in [0.3, 0.4) is 0 Å². The molecule has 0 bridgehead atoms. The predicted octanol–water partition coefficient (Wildman–Crippen LogP) is 4.49. The Balaban J connectivity index is 1.78. The maximum atomic E-state index is 10.8. The van der Waals surface area contributed by atoms with Crippen LogP contribution in [0.5, 0.6) is 0 Å². The van der Waals surface area contributed by atoms with Crippen LogP contribution in [-0.4, -0.2) is 16.1 Å². The number of aromatic nitrogens is 1. The average Bonchev–Trinajstić information content (AvgIpc) is 2.56. The third-order valence-corrected chi connectivity index (χ3v) is 4.29. The van der Waals surface area contributed by atoms with Crippen LogP contribution < -0.4 is 0 Å². The van der Waals surface area contributed by atoms with Gasteiger partial charge in [0.05, 0.1) is 11.3 Å². The van der Waals surface area contributed by atoms with Crippen LogP contribution in [-0.2, 0) is 0 Å². The smallest absolute Gasteiger partial charge is 0.337 e. The molecular formula is C18H19NO2. The van der Waals surface area contributed by atoms with Gasteiger partial charge in [-0.25, -0.2) is 4.79 Å². The summed E-state index contributed by atoms with van der Waals surface area (Å²) in [6.45, 7) is 0. The molecule has 0 amide bonds. The van der Waals surface area contributed by atoms with Crippen LogP contribution in [0.2, 0.25) is 0 Å². The molecule has 1 heterocycles. The van der Waals surface area contributed by atoms with E-state index in [1.54, 1.807) is 12.1 Å². The first kappa shape index (κ1) is 13.8. The summed E-state index contributed by atoms with van der Waals surface area (Å²) in [7, 11) is 0. The molecule has 0 radical (unpaired) electrons. The summed E-state index contributed by atoms with van der Waals surface area (Å²) < 4.78 is 0. The lowest BCUT2D eigenvalue weighted by Gasteiger charge is -2.22. The van der Waals surface area contributed by atoms with Crippen LogP contribution in [0.15, 0.2) is 42.6 Å². The zero-order valence-electron chi connectivity index (χ0n) is 12.0. The van der Waals surface area contributed by atoms with Gasteiger partial charge in [0, 0.05) is 11.8 Å². The highest BCUT2D eigenvalue weighted by molar-refractivity contribution is 5.87. The van der Waals surface area contributed by atoms with E-state index in [4.69, 9.17) is 5.11 Å². The molecule has 1 saturated carbocycles. The summed E-state index contributed by atoms with van der Waals surface area (Å²) in [5.74, 6) is -0.239. The van der Waals surface area contributed by atoms with Crippen LogP contribution in [0, 0.1) is 0 Å². The number of carboxylic acid groups (broad SMARTS) is 1. The predicted molar refractivity (Wildman–Crippen MR) is 82.5 cm³/mol. The van der Waals surface area contributed by atoms with Crippen molar-refractivity contribution in [1.29, 1.82) is 0 Å². The number of pyridine rings is 1. The fourth-order valence-corrected chi connectivity index (χ4v) is 3.05. The van der Waals surface area contributed by atoms with Gasteiger partial charge in [0.2, 0.25) is 0 Å². The molecule has 0 saturated heterocycles. The number of nitrogens with zero attached hydrogens (tertiary/aromatic N) is 1. The Morgan fingerprint density at radius 3 is 2.29 bits per heavy atom. The van der Waals surface area contributed by atoms with Gasteiger partial charge in [-0.2, -0.15) is 0 Å². The van der Waals surface area contributed by atoms with Crippen molar-refractivity contribution >= 4 is 5.97 Å². The van der Waals surface area contributed by atoms with Gasteiger partial charge in [-0.15, -0.1) is 0 Å². The number of carbonyl (C=O) groups is 1. The van der Waals surface area contributed by atoms with E-state index in [2.05, 4.69) is 29.2 Å². The van der Waals surface area contributed by atoms with Crippen molar-refractivity contribution in [2.75, 3.05) is 0 Å². The molecule has 108 valence electrons. The standard InChI is InChI=1S/C18H19NO2/c20-18(21)16-10-11-17(19-12-16)15-8-6-14(7-9-15)13-4-2-1-3-5-13/h6-13H,1-5H2,(H,20,21). The van der Waals surface area contributed by atoms with Gasteiger partial charge in [0.25, 0.3) is 0 Å². The summed E-state index contributed by atoms with van der Waals surface area (Å²) >= 11 is 0. The first-order valence-electron chi connectivity index (χ1n) is 7.54. The Labute approximate surface area is 124 Å². The Hall–Kier alpha value is -2.16. The molecule has 1 aliphatic carbocycles. The van der Waals surface area contributed by atoms with Gasteiger partial charge < -0.3 is 5.11 Å². The maximum absolute atomic E-state index is 10.8. The highest BCUT2D eigenvalue weighted by atomic mass is 16.4. The van der Waals surface area contributed by atoms with Crippen LogP contribution >= 0.6 is 0 Å². The van der Waals surface area contributed by atoms with E-state index < -0.39 is 5.97 Å². The van der Waals surface area contributed by atoms with E-state index in [0.29, 0.717) is 5.92 Å². The molecule has 1 fully saturated rings. The topological polar surface area (TPSA) is 50.2 Å². The van der Waals surface area contributed by atoms with Gasteiger partial charge in [-0.1, -0.05) is 43.5 Å². The number of aromatic carboxylic acids is 1. The van der Waals surface area contributed by atoms with Gasteiger partial charge in [0.1, 0.15) is 0 Å². The minimum absolute atomic E-state index is 0.220. The largest absolute Gasteiger partial charge is 0.478 e. The number of hydrogen-bond donors (Lipinski definition) is 1. The van der Waals surface area contributed by atoms with Crippen molar-refractivity contribution in [3.8, 4) is 11.3 Å². The van der Waals surface area contributed by atoms with Gasteiger partial charge >= 0.3 is 5.97 Å². The lowest BCUT2D eigenvalue weighted by Crippen LogP contribution is -2.04. The molecule has 0 aliphatic heterocycles. The van der Waals surface area contributed by atoms with Gasteiger partial charge in [-0.3, -0.25) is 4.98 Å². The molecule has 3 nitrogen and oxygen atoms in total. The molecular weight excluding hydrogens is 262 g/mol. The van der Waals surface area contributed by atoms with Crippen LogP contribution in [0.1, 0.15) is 53.9 Å². The second kappa shape index (κ2) is 6.08. The molecule has 0 unspecified atom stereocenters. The van der Waals surface area contributed by atoms with E-state index in [-0.39, 0.29) is 5.56 Å². The Kier molecular flexibility index (Phi) is 4.00. The third-order valence-electron chi connectivity index (χ3n) is 4.29.